The van der Waals surface area contributed by atoms with Crippen molar-refractivity contribution < 1.29 is 27.2 Å². The lowest BCUT2D eigenvalue weighted by Crippen LogP contribution is -2.48. The Balaban J connectivity index is 2.77. The van der Waals surface area contributed by atoms with Crippen molar-refractivity contribution in [3.63, 3.8) is 0 Å². The summed E-state index contributed by atoms with van der Waals surface area (Å²) in [6.45, 7) is 7.70. The maximum Gasteiger partial charge on any atom is 0.409 e. The van der Waals surface area contributed by atoms with Gasteiger partial charge in [0.25, 0.3) is 10.1 Å². The summed E-state index contributed by atoms with van der Waals surface area (Å²) in [5.74, 6) is 0.107. The molecule has 1 heterocycles. The van der Waals surface area contributed by atoms with Crippen LogP contribution in [0.25, 0.3) is 0 Å². The third-order valence-electron chi connectivity index (χ3n) is 3.79. The second kappa shape index (κ2) is 6.50. The van der Waals surface area contributed by atoms with Gasteiger partial charge in [-0.1, -0.05) is 13.8 Å². The van der Waals surface area contributed by atoms with Gasteiger partial charge in [-0.05, 0) is 32.1 Å². The quantitative estimate of drug-likeness (QED) is 0.748. The fourth-order valence-electron chi connectivity index (χ4n) is 2.54. The minimum Gasteiger partial charge on any atom is -0.465 e. The van der Waals surface area contributed by atoms with Gasteiger partial charge in [-0.2, -0.15) is 8.42 Å². The van der Waals surface area contributed by atoms with E-state index in [-0.39, 0.29) is 24.5 Å². The monoisotopic (exact) mass is 323 g/mol. The van der Waals surface area contributed by atoms with Crippen molar-refractivity contribution in [2.75, 3.05) is 19.5 Å². The van der Waals surface area contributed by atoms with Gasteiger partial charge < -0.3 is 9.84 Å². The molecule has 1 aliphatic heterocycles. The number of hydrogen-bond acceptors (Lipinski definition) is 5. The predicted octanol–water partition coefficient (Wildman–Crippen LogP) is 1.74. The van der Waals surface area contributed by atoms with Gasteiger partial charge in [-0.3, -0.25) is 9.08 Å². The molecule has 0 aromatic carbocycles. The summed E-state index contributed by atoms with van der Waals surface area (Å²) in [5, 5.41) is 9.35. The van der Waals surface area contributed by atoms with Gasteiger partial charge in [-0.15, -0.1) is 0 Å². The smallest absolute Gasteiger partial charge is 0.409 e. The van der Waals surface area contributed by atoms with Gasteiger partial charge in [-0.25, -0.2) is 4.79 Å². The molecule has 0 radical (unpaired) electrons. The molecule has 0 spiro atoms. The molecular weight excluding hydrogens is 298 g/mol. The molecule has 1 amide bonds. The number of amides is 1. The van der Waals surface area contributed by atoms with Crippen LogP contribution in [0.5, 0.6) is 0 Å². The van der Waals surface area contributed by atoms with Gasteiger partial charge in [0.05, 0.1) is 25.5 Å². The lowest BCUT2D eigenvalue weighted by Gasteiger charge is -2.33. The topological polar surface area (TPSA) is 93.1 Å². The van der Waals surface area contributed by atoms with Crippen molar-refractivity contribution in [1.29, 1.82) is 0 Å². The zero-order chi connectivity index (χ0) is 16.4. The minimum absolute atomic E-state index is 0.0564. The second-order valence-corrected chi connectivity index (χ2v) is 7.94. The Bertz CT molecular complexity index is 473. The first-order valence-electron chi connectivity index (χ1n) is 6.94. The van der Waals surface area contributed by atoms with Crippen molar-refractivity contribution in [3.8, 4) is 0 Å². The highest BCUT2D eigenvalue weighted by Gasteiger charge is 2.44. The Morgan fingerprint density at radius 1 is 1.48 bits per heavy atom. The highest BCUT2D eigenvalue weighted by Crippen LogP contribution is 2.32. The Kier molecular flexibility index (Phi) is 5.63. The van der Waals surface area contributed by atoms with E-state index in [1.54, 1.807) is 13.8 Å². The maximum absolute atomic E-state index is 11.4. The number of nitrogens with zero attached hydrogens (tertiary/aromatic N) is 1. The molecule has 1 fully saturated rings. The van der Waals surface area contributed by atoms with Gasteiger partial charge in [0.15, 0.2) is 0 Å². The van der Waals surface area contributed by atoms with Crippen LogP contribution < -0.4 is 0 Å². The van der Waals surface area contributed by atoms with E-state index < -0.39 is 21.9 Å². The highest BCUT2D eigenvalue weighted by molar-refractivity contribution is 7.85. The first-order valence-corrected chi connectivity index (χ1v) is 8.76. The van der Waals surface area contributed by atoms with Crippen molar-refractivity contribution >= 4 is 16.2 Å². The van der Waals surface area contributed by atoms with Gasteiger partial charge in [0.1, 0.15) is 5.72 Å². The predicted molar refractivity (Wildman–Crippen MR) is 77.4 cm³/mol. The molecule has 0 bridgehead atoms. The molecule has 0 aliphatic carbocycles. The first kappa shape index (κ1) is 18.2. The van der Waals surface area contributed by atoms with Gasteiger partial charge in [0, 0.05) is 0 Å². The summed E-state index contributed by atoms with van der Waals surface area (Å²) < 4.78 is 32.7. The molecule has 21 heavy (non-hydrogen) atoms. The SMILES string of the molecule is CC(C)[C@@H](COS(C)(=O)=O)CC1COC(C)(C)N1C(=O)O. The maximum atomic E-state index is 11.4. The van der Waals surface area contributed by atoms with E-state index in [0.29, 0.717) is 13.0 Å². The molecule has 1 N–H and O–H groups in total. The molecule has 124 valence electrons. The lowest BCUT2D eigenvalue weighted by atomic mass is 9.90. The standard InChI is InChI=1S/C13H25NO6S/c1-9(2)10(7-20-21(5,17)18)6-11-8-19-13(3,4)14(11)12(15)16/h9-11H,6-8H2,1-5H3,(H,15,16)/t10-,11?/m1/s1. The molecule has 0 aromatic heterocycles. The summed E-state index contributed by atoms with van der Waals surface area (Å²) in [5.41, 5.74) is -0.865. The largest absolute Gasteiger partial charge is 0.465 e. The number of rotatable bonds is 6. The molecule has 0 saturated carbocycles. The Labute approximate surface area is 126 Å². The summed E-state index contributed by atoms with van der Waals surface area (Å²) in [7, 11) is -3.50. The lowest BCUT2D eigenvalue weighted by molar-refractivity contribution is -0.0428. The van der Waals surface area contributed by atoms with Crippen molar-refractivity contribution in [1.82, 2.24) is 4.90 Å². The number of hydrogen-bond donors (Lipinski definition) is 1. The molecule has 2 atom stereocenters. The van der Waals surface area contributed by atoms with Crippen LogP contribution in [-0.2, 0) is 19.0 Å². The summed E-state index contributed by atoms with van der Waals surface area (Å²) >= 11 is 0. The van der Waals surface area contributed by atoms with Crippen LogP contribution in [0.3, 0.4) is 0 Å². The average molecular weight is 323 g/mol. The zero-order valence-corrected chi connectivity index (χ0v) is 14.0. The van der Waals surface area contributed by atoms with E-state index in [1.807, 2.05) is 13.8 Å². The van der Waals surface area contributed by atoms with E-state index in [9.17, 15) is 18.3 Å². The minimum atomic E-state index is -3.50. The summed E-state index contributed by atoms with van der Waals surface area (Å²) in [6.07, 6.45) is 0.479. The molecule has 8 heteroatoms. The number of ether oxygens (including phenoxy) is 1. The fraction of sp³-hybridized carbons (Fsp3) is 0.923. The molecule has 1 unspecified atom stereocenters. The van der Waals surface area contributed by atoms with Crippen LogP contribution in [0, 0.1) is 11.8 Å². The third-order valence-corrected chi connectivity index (χ3v) is 4.36. The van der Waals surface area contributed by atoms with E-state index >= 15 is 0 Å². The van der Waals surface area contributed by atoms with E-state index in [4.69, 9.17) is 8.92 Å². The normalized spacial score (nSPS) is 23.5. The fourth-order valence-corrected chi connectivity index (χ4v) is 2.96. The number of carboxylic acid groups (broad SMARTS) is 1. The van der Waals surface area contributed by atoms with Crippen LogP contribution in [0.4, 0.5) is 4.79 Å². The average Bonchev–Trinajstić information content (AvgIpc) is 2.57. The van der Waals surface area contributed by atoms with E-state index in [1.165, 1.54) is 4.90 Å². The Hall–Kier alpha value is -0.860. The van der Waals surface area contributed by atoms with Crippen molar-refractivity contribution in [2.24, 2.45) is 11.8 Å². The van der Waals surface area contributed by atoms with Gasteiger partial charge >= 0.3 is 6.09 Å². The second-order valence-electron chi connectivity index (χ2n) is 6.29. The molecule has 0 aromatic rings. The highest BCUT2D eigenvalue weighted by atomic mass is 32.2. The summed E-state index contributed by atoms with van der Waals surface area (Å²) in [4.78, 5) is 12.7. The van der Waals surface area contributed by atoms with Crippen LogP contribution in [0.2, 0.25) is 0 Å². The number of carbonyl (C=O) groups is 1. The Morgan fingerprint density at radius 2 is 2.05 bits per heavy atom. The van der Waals surface area contributed by atoms with Crippen LogP contribution in [-0.4, -0.2) is 55.8 Å². The van der Waals surface area contributed by atoms with Crippen molar-refractivity contribution in [3.05, 3.63) is 0 Å². The zero-order valence-electron chi connectivity index (χ0n) is 13.2. The van der Waals surface area contributed by atoms with Crippen LogP contribution in [0.15, 0.2) is 0 Å². The molecule has 1 aliphatic rings. The van der Waals surface area contributed by atoms with E-state index in [2.05, 4.69) is 0 Å². The van der Waals surface area contributed by atoms with Crippen LogP contribution >= 0.6 is 0 Å². The van der Waals surface area contributed by atoms with Crippen LogP contribution in [0.1, 0.15) is 34.1 Å². The van der Waals surface area contributed by atoms with Crippen molar-refractivity contribution in [2.45, 2.75) is 45.9 Å². The molecule has 1 rings (SSSR count). The van der Waals surface area contributed by atoms with Gasteiger partial charge in [0.2, 0.25) is 0 Å². The summed E-state index contributed by atoms with van der Waals surface area (Å²) in [6, 6.07) is -0.298. The Morgan fingerprint density at radius 3 is 2.48 bits per heavy atom. The molecule has 7 nitrogen and oxygen atoms in total. The first-order chi connectivity index (χ1) is 9.44. The molecular formula is C13H25NO6S. The molecule has 1 saturated heterocycles. The third kappa shape index (κ3) is 5.12. The van der Waals surface area contributed by atoms with E-state index in [0.717, 1.165) is 6.26 Å².